The first-order chi connectivity index (χ1) is 14.1. The predicted molar refractivity (Wildman–Crippen MR) is 112 cm³/mol. The van der Waals surface area contributed by atoms with Crippen LogP contribution in [0.5, 0.6) is 11.5 Å². The van der Waals surface area contributed by atoms with E-state index in [9.17, 15) is 4.79 Å². The van der Waals surface area contributed by atoms with E-state index in [1.807, 2.05) is 62.4 Å². The van der Waals surface area contributed by atoms with Gasteiger partial charge < -0.3 is 24.8 Å². The first-order valence-corrected chi connectivity index (χ1v) is 9.31. The minimum Gasteiger partial charge on any atom is -0.494 e. The van der Waals surface area contributed by atoms with Gasteiger partial charge in [0.2, 0.25) is 0 Å². The van der Waals surface area contributed by atoms with E-state index in [1.54, 1.807) is 6.07 Å². The number of nitrogens with zero attached hydrogens (tertiary/aromatic N) is 2. The zero-order chi connectivity index (χ0) is 20.6. The van der Waals surface area contributed by atoms with Crippen LogP contribution in [0.3, 0.4) is 0 Å². The predicted octanol–water partition coefficient (Wildman–Crippen LogP) is 4.78. The van der Waals surface area contributed by atoms with Crippen LogP contribution in [0.4, 0.5) is 27.8 Å². The number of anilines is 4. The van der Waals surface area contributed by atoms with Crippen LogP contribution in [-0.4, -0.2) is 36.2 Å². The average molecular weight is 396 g/mol. The van der Waals surface area contributed by atoms with Crippen molar-refractivity contribution in [1.82, 2.24) is 9.78 Å². The Morgan fingerprint density at radius 2 is 1.41 bits per heavy atom. The monoisotopic (exact) mass is 396 g/mol. The number of benzene rings is 2. The molecule has 29 heavy (non-hydrogen) atoms. The third kappa shape index (κ3) is 5.19. The lowest BCUT2D eigenvalue weighted by atomic mass is 10.3. The zero-order valence-electron chi connectivity index (χ0n) is 16.6. The molecule has 0 amide bonds. The lowest BCUT2D eigenvalue weighted by Gasteiger charge is -2.08. The van der Waals surface area contributed by atoms with Gasteiger partial charge in [0.05, 0.1) is 20.3 Å². The second-order valence-electron chi connectivity index (χ2n) is 5.96. The summed E-state index contributed by atoms with van der Waals surface area (Å²) < 4.78 is 16.9. The Kier molecular flexibility index (Phi) is 6.57. The normalized spacial score (nSPS) is 10.3. The van der Waals surface area contributed by atoms with Gasteiger partial charge in [-0.05, 0) is 62.4 Å². The molecule has 1 aromatic heterocycles. The van der Waals surface area contributed by atoms with Crippen molar-refractivity contribution < 1.29 is 19.0 Å². The highest BCUT2D eigenvalue weighted by Crippen LogP contribution is 2.25. The molecular formula is C21H24N4O4. The number of aromatic nitrogens is 2. The molecule has 0 bridgehead atoms. The molecule has 1 heterocycles. The summed E-state index contributed by atoms with van der Waals surface area (Å²) in [6, 6.07) is 16.6. The van der Waals surface area contributed by atoms with Crippen LogP contribution in [0.1, 0.15) is 13.8 Å². The fourth-order valence-electron chi connectivity index (χ4n) is 2.65. The molecule has 0 radical (unpaired) electrons. The highest BCUT2D eigenvalue weighted by atomic mass is 16.5. The molecule has 0 atom stereocenters. The molecule has 0 fully saturated rings. The topological polar surface area (TPSA) is 86.6 Å². The maximum atomic E-state index is 12.1. The second-order valence-corrected chi connectivity index (χ2v) is 5.96. The minimum absolute atomic E-state index is 0.467. The number of hydrogen-bond donors (Lipinski definition) is 2. The van der Waals surface area contributed by atoms with Gasteiger partial charge in [0.25, 0.3) is 0 Å². The number of nitrogens with one attached hydrogen (secondary N) is 2. The van der Waals surface area contributed by atoms with E-state index in [4.69, 9.17) is 14.2 Å². The fourth-order valence-corrected chi connectivity index (χ4v) is 2.65. The van der Waals surface area contributed by atoms with E-state index in [0.717, 1.165) is 27.6 Å². The number of methoxy groups -OCH3 is 1. The van der Waals surface area contributed by atoms with Gasteiger partial charge >= 0.3 is 6.09 Å². The number of hydrogen-bond acceptors (Lipinski definition) is 7. The van der Waals surface area contributed by atoms with Gasteiger partial charge in [-0.1, -0.05) is 0 Å². The van der Waals surface area contributed by atoms with Crippen molar-refractivity contribution in [3.8, 4) is 11.5 Å². The quantitative estimate of drug-likeness (QED) is 0.566. The van der Waals surface area contributed by atoms with Crippen LogP contribution in [0.2, 0.25) is 0 Å². The van der Waals surface area contributed by atoms with Gasteiger partial charge in [0, 0.05) is 17.4 Å². The Balaban J connectivity index is 1.79. The van der Waals surface area contributed by atoms with Crippen molar-refractivity contribution in [3.05, 3.63) is 54.6 Å². The molecule has 0 saturated carbocycles. The Bertz CT molecular complexity index is 936. The van der Waals surface area contributed by atoms with Crippen LogP contribution in [0.25, 0.3) is 0 Å². The Hall–Kier alpha value is -3.68. The summed E-state index contributed by atoms with van der Waals surface area (Å²) >= 11 is 0. The van der Waals surface area contributed by atoms with E-state index >= 15 is 0 Å². The van der Waals surface area contributed by atoms with Crippen LogP contribution >= 0.6 is 0 Å². The number of rotatable bonds is 8. The molecule has 2 N–H and O–H groups in total. The van der Waals surface area contributed by atoms with Crippen LogP contribution in [0.15, 0.2) is 54.6 Å². The van der Waals surface area contributed by atoms with E-state index in [1.165, 1.54) is 7.11 Å². The van der Waals surface area contributed by atoms with Crippen LogP contribution in [0, 0.1) is 0 Å². The van der Waals surface area contributed by atoms with Gasteiger partial charge in [-0.3, -0.25) is 0 Å². The lowest BCUT2D eigenvalue weighted by molar-refractivity contribution is 0.170. The maximum Gasteiger partial charge on any atom is 0.436 e. The number of carbonyl (C=O) groups is 1. The van der Waals surface area contributed by atoms with Gasteiger partial charge in [-0.25, -0.2) is 4.79 Å². The molecule has 0 aliphatic rings. The molecule has 0 aliphatic carbocycles. The van der Waals surface area contributed by atoms with Gasteiger partial charge in [-0.15, -0.1) is 9.78 Å². The fraction of sp³-hybridized carbons (Fsp3) is 0.238. The van der Waals surface area contributed by atoms with Gasteiger partial charge in [0.15, 0.2) is 5.82 Å². The molecule has 2 aromatic carbocycles. The van der Waals surface area contributed by atoms with E-state index < -0.39 is 6.09 Å². The largest absolute Gasteiger partial charge is 0.494 e. The molecule has 0 spiro atoms. The SMILES string of the molecule is CCOc1ccc(Nc2cc(Nc3ccc(OCC)cc3)n(C(=O)OC)n2)cc1. The van der Waals surface area contributed by atoms with Crippen molar-refractivity contribution in [2.75, 3.05) is 31.0 Å². The van der Waals surface area contributed by atoms with E-state index in [2.05, 4.69) is 15.7 Å². The highest BCUT2D eigenvalue weighted by molar-refractivity contribution is 5.78. The molecule has 3 rings (SSSR count). The van der Waals surface area contributed by atoms with Crippen molar-refractivity contribution in [2.45, 2.75) is 13.8 Å². The zero-order valence-corrected chi connectivity index (χ0v) is 16.6. The standard InChI is InChI=1S/C21H24N4O4/c1-4-28-17-10-6-15(7-11-17)22-19-14-20(25(24-19)21(26)27-3)23-16-8-12-18(13-9-16)29-5-2/h6-14,23H,4-5H2,1-3H3,(H,22,24). The van der Waals surface area contributed by atoms with Crippen molar-refractivity contribution >= 4 is 29.1 Å². The summed E-state index contributed by atoms with van der Waals surface area (Å²) in [6.07, 6.45) is -0.599. The Morgan fingerprint density at radius 1 is 0.897 bits per heavy atom. The first kappa shape index (κ1) is 20.1. The average Bonchev–Trinajstić information content (AvgIpc) is 3.13. The molecule has 3 aromatic rings. The summed E-state index contributed by atoms with van der Waals surface area (Å²) in [4.78, 5) is 12.1. The summed E-state index contributed by atoms with van der Waals surface area (Å²) in [5, 5.41) is 10.6. The van der Waals surface area contributed by atoms with Crippen molar-refractivity contribution in [1.29, 1.82) is 0 Å². The summed E-state index contributed by atoms with van der Waals surface area (Å²) in [7, 11) is 1.31. The molecule has 152 valence electrons. The lowest BCUT2D eigenvalue weighted by Crippen LogP contribution is -2.15. The smallest absolute Gasteiger partial charge is 0.436 e. The van der Waals surface area contributed by atoms with Crippen molar-refractivity contribution in [2.24, 2.45) is 0 Å². The van der Waals surface area contributed by atoms with Gasteiger partial charge in [-0.2, -0.15) is 0 Å². The molecule has 8 heteroatoms. The molecule has 0 unspecified atom stereocenters. The number of carbonyl (C=O) groups excluding carboxylic acids is 1. The first-order valence-electron chi connectivity index (χ1n) is 9.31. The van der Waals surface area contributed by atoms with Crippen LogP contribution < -0.4 is 20.1 Å². The summed E-state index contributed by atoms with van der Waals surface area (Å²) in [6.45, 7) is 5.07. The minimum atomic E-state index is -0.599. The molecule has 8 nitrogen and oxygen atoms in total. The molecular weight excluding hydrogens is 372 g/mol. The number of ether oxygens (including phenoxy) is 3. The summed E-state index contributed by atoms with van der Waals surface area (Å²) in [5.41, 5.74) is 1.60. The van der Waals surface area contributed by atoms with E-state index in [-0.39, 0.29) is 0 Å². The van der Waals surface area contributed by atoms with Crippen LogP contribution in [-0.2, 0) is 4.74 Å². The Morgan fingerprint density at radius 3 is 1.90 bits per heavy atom. The third-order valence-corrected chi connectivity index (χ3v) is 3.93. The summed E-state index contributed by atoms with van der Waals surface area (Å²) in [5.74, 6) is 2.52. The Labute approximate surface area is 169 Å². The van der Waals surface area contributed by atoms with E-state index in [0.29, 0.717) is 24.8 Å². The molecule has 0 saturated heterocycles. The van der Waals surface area contributed by atoms with Gasteiger partial charge in [0.1, 0.15) is 17.3 Å². The van der Waals surface area contributed by atoms with Crippen molar-refractivity contribution in [3.63, 3.8) is 0 Å². The maximum absolute atomic E-state index is 12.1. The second kappa shape index (κ2) is 9.50. The third-order valence-electron chi connectivity index (χ3n) is 3.93. The molecule has 0 aliphatic heterocycles. The highest BCUT2D eigenvalue weighted by Gasteiger charge is 2.15.